The molecular weight excluding hydrogens is 422 g/mol. The Kier molecular flexibility index (Phi) is 8.43. The van der Waals surface area contributed by atoms with Crippen LogP contribution < -0.4 is 9.47 Å². The number of rotatable bonds is 6. The van der Waals surface area contributed by atoms with Crippen LogP contribution >= 0.6 is 0 Å². The molecule has 0 aliphatic carbocycles. The van der Waals surface area contributed by atoms with E-state index in [4.69, 9.17) is 29.3 Å². The van der Waals surface area contributed by atoms with Crippen LogP contribution in [0.1, 0.15) is 22.3 Å². The highest BCUT2D eigenvalue weighted by molar-refractivity contribution is 6.27. The Morgan fingerprint density at radius 3 is 2.18 bits per heavy atom. The molecule has 7 nitrogen and oxygen atoms in total. The number of methoxy groups -OCH3 is 1. The van der Waals surface area contributed by atoms with Crippen LogP contribution in [0.2, 0.25) is 0 Å². The van der Waals surface area contributed by atoms with Gasteiger partial charge in [0.05, 0.1) is 7.11 Å². The Bertz CT molecular complexity index is 1070. The molecule has 1 aliphatic heterocycles. The van der Waals surface area contributed by atoms with E-state index in [0.29, 0.717) is 6.61 Å². The van der Waals surface area contributed by atoms with Gasteiger partial charge in [-0.1, -0.05) is 60.7 Å². The highest BCUT2D eigenvalue weighted by atomic mass is 16.5. The summed E-state index contributed by atoms with van der Waals surface area (Å²) < 4.78 is 11.5. The fourth-order valence-electron chi connectivity index (χ4n) is 3.61. The van der Waals surface area contributed by atoms with Gasteiger partial charge >= 0.3 is 11.9 Å². The molecule has 0 amide bonds. The van der Waals surface area contributed by atoms with E-state index in [1.165, 1.54) is 16.7 Å². The van der Waals surface area contributed by atoms with Gasteiger partial charge in [-0.2, -0.15) is 0 Å². The van der Waals surface area contributed by atoms with E-state index >= 15 is 0 Å². The van der Waals surface area contributed by atoms with Crippen molar-refractivity contribution in [1.29, 1.82) is 0 Å². The van der Waals surface area contributed by atoms with Crippen molar-refractivity contribution in [3.05, 3.63) is 95.1 Å². The van der Waals surface area contributed by atoms with Crippen LogP contribution in [0.5, 0.6) is 11.5 Å². The number of carboxylic acids is 2. The van der Waals surface area contributed by atoms with Gasteiger partial charge in [-0.05, 0) is 40.8 Å². The molecule has 7 heteroatoms. The SMILES string of the molecule is COc1cc(CN2CCc3ccccc3C2)ccc1OCc1ccccc1.O=C(O)C(=O)O. The minimum absolute atomic E-state index is 0.541. The van der Waals surface area contributed by atoms with Gasteiger partial charge in [0.15, 0.2) is 11.5 Å². The van der Waals surface area contributed by atoms with Crippen molar-refractivity contribution in [2.24, 2.45) is 0 Å². The quantitative estimate of drug-likeness (QED) is 0.550. The minimum atomic E-state index is -1.82. The first kappa shape index (κ1) is 23.8. The Labute approximate surface area is 192 Å². The molecule has 0 unspecified atom stereocenters. The summed E-state index contributed by atoms with van der Waals surface area (Å²) in [5, 5.41) is 14.8. The molecule has 172 valence electrons. The summed E-state index contributed by atoms with van der Waals surface area (Å²) in [7, 11) is 1.70. The third-order valence-corrected chi connectivity index (χ3v) is 5.26. The van der Waals surface area contributed by atoms with Crippen LogP contribution in [0.15, 0.2) is 72.8 Å². The molecule has 1 aliphatic rings. The molecule has 3 aromatic carbocycles. The molecule has 0 bridgehead atoms. The number of carboxylic acid groups (broad SMARTS) is 2. The van der Waals surface area contributed by atoms with Crippen molar-refractivity contribution in [3.8, 4) is 11.5 Å². The predicted molar refractivity (Wildman–Crippen MR) is 123 cm³/mol. The maximum Gasteiger partial charge on any atom is 0.414 e. The van der Waals surface area contributed by atoms with Gasteiger partial charge < -0.3 is 19.7 Å². The third-order valence-electron chi connectivity index (χ3n) is 5.26. The lowest BCUT2D eigenvalue weighted by atomic mass is 9.99. The molecule has 4 rings (SSSR count). The lowest BCUT2D eigenvalue weighted by molar-refractivity contribution is -0.159. The number of hydrogen-bond donors (Lipinski definition) is 2. The van der Waals surface area contributed by atoms with Gasteiger partial charge in [0.2, 0.25) is 0 Å². The van der Waals surface area contributed by atoms with Gasteiger partial charge in [-0.25, -0.2) is 9.59 Å². The van der Waals surface area contributed by atoms with E-state index < -0.39 is 11.9 Å². The fraction of sp³-hybridized carbons (Fsp3) is 0.231. The topological polar surface area (TPSA) is 96.3 Å². The molecule has 0 spiro atoms. The number of ether oxygens (including phenoxy) is 2. The Morgan fingerprint density at radius 1 is 0.848 bits per heavy atom. The van der Waals surface area contributed by atoms with Crippen molar-refractivity contribution < 1.29 is 29.3 Å². The number of nitrogens with zero attached hydrogens (tertiary/aromatic N) is 1. The average Bonchev–Trinajstić information content (AvgIpc) is 2.84. The number of fused-ring (bicyclic) bond motifs is 1. The highest BCUT2D eigenvalue weighted by Crippen LogP contribution is 2.30. The standard InChI is InChI=1S/C24H25NO2.C2H2O4/c1-26-24-15-20(11-12-23(24)27-18-19-7-3-2-4-8-19)16-25-14-13-21-9-5-6-10-22(21)17-25;3-1(4)2(5)6/h2-12,15H,13-14,16-18H2,1H3;(H,3,4)(H,5,6). The van der Waals surface area contributed by atoms with E-state index in [-0.39, 0.29) is 0 Å². The van der Waals surface area contributed by atoms with Crippen LogP contribution in [0.4, 0.5) is 0 Å². The summed E-state index contributed by atoms with van der Waals surface area (Å²) in [4.78, 5) is 20.7. The Morgan fingerprint density at radius 2 is 1.52 bits per heavy atom. The number of aliphatic carboxylic acids is 2. The molecule has 0 saturated heterocycles. The summed E-state index contributed by atoms with van der Waals surface area (Å²) in [6.07, 6.45) is 1.12. The van der Waals surface area contributed by atoms with Crippen molar-refractivity contribution in [2.45, 2.75) is 26.1 Å². The molecule has 0 radical (unpaired) electrons. The maximum atomic E-state index is 9.10. The Balaban J connectivity index is 0.000000454. The molecule has 0 aromatic heterocycles. The van der Waals surface area contributed by atoms with Crippen LogP contribution in [0, 0.1) is 0 Å². The first-order chi connectivity index (χ1) is 16.0. The van der Waals surface area contributed by atoms with E-state index in [1.54, 1.807) is 7.11 Å². The maximum absolute atomic E-state index is 9.10. The lowest BCUT2D eigenvalue weighted by Gasteiger charge is -2.28. The summed E-state index contributed by atoms with van der Waals surface area (Å²) in [5.74, 6) is -2.07. The first-order valence-corrected chi connectivity index (χ1v) is 10.5. The van der Waals surface area contributed by atoms with Crippen molar-refractivity contribution in [1.82, 2.24) is 4.90 Å². The zero-order valence-electron chi connectivity index (χ0n) is 18.4. The van der Waals surface area contributed by atoms with Gasteiger partial charge in [-0.3, -0.25) is 4.90 Å². The van der Waals surface area contributed by atoms with Crippen LogP contribution in [-0.4, -0.2) is 40.7 Å². The zero-order valence-corrected chi connectivity index (χ0v) is 18.4. The lowest BCUT2D eigenvalue weighted by Crippen LogP contribution is -2.29. The van der Waals surface area contributed by atoms with Gasteiger partial charge in [0.1, 0.15) is 6.61 Å². The largest absolute Gasteiger partial charge is 0.493 e. The summed E-state index contributed by atoms with van der Waals surface area (Å²) >= 11 is 0. The molecule has 3 aromatic rings. The molecule has 0 atom stereocenters. The summed E-state index contributed by atoms with van der Waals surface area (Å²) in [5.41, 5.74) is 5.32. The average molecular weight is 450 g/mol. The normalized spacial score (nSPS) is 12.6. The molecule has 33 heavy (non-hydrogen) atoms. The first-order valence-electron chi connectivity index (χ1n) is 10.5. The van der Waals surface area contributed by atoms with Gasteiger partial charge in [-0.15, -0.1) is 0 Å². The molecular formula is C26H27NO6. The fourth-order valence-corrected chi connectivity index (χ4v) is 3.61. The number of carbonyl (C=O) groups is 2. The number of hydrogen-bond acceptors (Lipinski definition) is 5. The smallest absolute Gasteiger partial charge is 0.414 e. The van der Waals surface area contributed by atoms with Crippen LogP contribution in [0.25, 0.3) is 0 Å². The van der Waals surface area contributed by atoms with Crippen molar-refractivity contribution in [3.63, 3.8) is 0 Å². The number of benzene rings is 3. The molecule has 0 saturated carbocycles. The Hall–Kier alpha value is -3.84. The minimum Gasteiger partial charge on any atom is -0.493 e. The summed E-state index contributed by atoms with van der Waals surface area (Å²) in [6, 6.07) is 25.2. The van der Waals surface area contributed by atoms with E-state index in [0.717, 1.165) is 43.1 Å². The van der Waals surface area contributed by atoms with Gasteiger partial charge in [0, 0.05) is 19.6 Å². The second-order valence-corrected chi connectivity index (χ2v) is 7.60. The van der Waals surface area contributed by atoms with Crippen LogP contribution in [0.3, 0.4) is 0 Å². The van der Waals surface area contributed by atoms with E-state index in [1.807, 2.05) is 24.3 Å². The van der Waals surface area contributed by atoms with E-state index in [9.17, 15) is 0 Å². The van der Waals surface area contributed by atoms with Crippen molar-refractivity contribution >= 4 is 11.9 Å². The van der Waals surface area contributed by atoms with Crippen LogP contribution in [-0.2, 0) is 35.7 Å². The summed E-state index contributed by atoms with van der Waals surface area (Å²) in [6.45, 7) is 3.56. The second-order valence-electron chi connectivity index (χ2n) is 7.60. The predicted octanol–water partition coefficient (Wildman–Crippen LogP) is 3.99. The van der Waals surface area contributed by atoms with Crippen molar-refractivity contribution in [2.75, 3.05) is 13.7 Å². The molecule has 2 N–H and O–H groups in total. The molecule has 1 heterocycles. The van der Waals surface area contributed by atoms with Gasteiger partial charge in [0.25, 0.3) is 0 Å². The highest BCUT2D eigenvalue weighted by Gasteiger charge is 2.16. The second kappa shape index (κ2) is 11.7. The molecule has 0 fully saturated rings. The monoisotopic (exact) mass is 449 g/mol. The zero-order chi connectivity index (χ0) is 23.6. The third kappa shape index (κ3) is 7.08. The van der Waals surface area contributed by atoms with E-state index in [2.05, 4.69) is 53.4 Å².